The molecule has 0 spiro atoms. The third-order valence-electron chi connectivity index (χ3n) is 3.50. The average molecular weight is 437 g/mol. The predicted molar refractivity (Wildman–Crippen MR) is 105 cm³/mol. The van der Waals surface area contributed by atoms with E-state index in [0.29, 0.717) is 16.4 Å². The SMILES string of the molecule is O=C1NC(=S)N(c2ccc(Cl)cc2)C(=O)[C@@H]1C=Nc1ccccc1Br. The number of thiocarbonyl (C=S) groups is 1. The van der Waals surface area contributed by atoms with Gasteiger partial charge in [0.15, 0.2) is 11.0 Å². The number of halogens is 2. The molecule has 0 radical (unpaired) electrons. The molecule has 5 nitrogen and oxygen atoms in total. The van der Waals surface area contributed by atoms with Crippen molar-refractivity contribution in [1.29, 1.82) is 0 Å². The molecule has 25 heavy (non-hydrogen) atoms. The quantitative estimate of drug-likeness (QED) is 0.451. The molecule has 1 aliphatic heterocycles. The molecule has 0 unspecified atom stereocenters. The first-order valence-corrected chi connectivity index (χ1v) is 8.78. The number of anilines is 1. The summed E-state index contributed by atoms with van der Waals surface area (Å²) in [6, 6.07) is 13.9. The van der Waals surface area contributed by atoms with E-state index < -0.39 is 17.7 Å². The van der Waals surface area contributed by atoms with Crippen molar-refractivity contribution in [3.63, 3.8) is 0 Å². The second kappa shape index (κ2) is 7.43. The Labute approximate surface area is 162 Å². The third kappa shape index (κ3) is 3.78. The largest absolute Gasteiger partial charge is 0.301 e. The van der Waals surface area contributed by atoms with Crippen molar-refractivity contribution < 1.29 is 9.59 Å². The molecular formula is C17H11BrClN3O2S. The van der Waals surface area contributed by atoms with E-state index in [1.807, 2.05) is 18.2 Å². The smallest absolute Gasteiger partial charge is 0.251 e. The van der Waals surface area contributed by atoms with Gasteiger partial charge in [0.25, 0.3) is 5.91 Å². The van der Waals surface area contributed by atoms with Gasteiger partial charge in [0.05, 0.1) is 11.4 Å². The number of hydrogen-bond acceptors (Lipinski definition) is 4. The van der Waals surface area contributed by atoms with Gasteiger partial charge in [-0.1, -0.05) is 23.7 Å². The lowest BCUT2D eigenvalue weighted by atomic mass is 10.1. The summed E-state index contributed by atoms with van der Waals surface area (Å²) in [6.07, 6.45) is 1.32. The van der Waals surface area contributed by atoms with E-state index in [0.717, 1.165) is 4.47 Å². The van der Waals surface area contributed by atoms with Gasteiger partial charge < -0.3 is 5.32 Å². The van der Waals surface area contributed by atoms with Crippen molar-refractivity contribution in [3.05, 3.63) is 58.0 Å². The van der Waals surface area contributed by atoms with Gasteiger partial charge in [0.2, 0.25) is 5.91 Å². The van der Waals surface area contributed by atoms with Crippen LogP contribution in [0, 0.1) is 5.92 Å². The first-order chi connectivity index (χ1) is 12.0. The molecule has 1 saturated heterocycles. The number of hydrogen-bond donors (Lipinski definition) is 1. The molecule has 1 aliphatic rings. The number of nitrogens with zero attached hydrogens (tertiary/aromatic N) is 2. The van der Waals surface area contributed by atoms with Gasteiger partial charge in [-0.3, -0.25) is 19.5 Å². The number of benzene rings is 2. The molecule has 2 amide bonds. The predicted octanol–water partition coefficient (Wildman–Crippen LogP) is 3.87. The van der Waals surface area contributed by atoms with Crippen LogP contribution in [0.15, 0.2) is 58.0 Å². The molecule has 0 bridgehead atoms. The molecular weight excluding hydrogens is 426 g/mol. The maximum atomic E-state index is 12.8. The summed E-state index contributed by atoms with van der Waals surface area (Å²) in [4.78, 5) is 30.5. The van der Waals surface area contributed by atoms with Crippen LogP contribution in [0.3, 0.4) is 0 Å². The zero-order valence-electron chi connectivity index (χ0n) is 12.6. The Morgan fingerprint density at radius 2 is 1.84 bits per heavy atom. The molecule has 0 aromatic heterocycles. The van der Waals surface area contributed by atoms with E-state index in [4.69, 9.17) is 23.8 Å². The second-order valence-electron chi connectivity index (χ2n) is 5.15. The molecule has 3 rings (SSSR count). The highest BCUT2D eigenvalue weighted by molar-refractivity contribution is 9.10. The molecule has 0 aliphatic carbocycles. The molecule has 1 atom stereocenters. The summed E-state index contributed by atoms with van der Waals surface area (Å²) in [6.45, 7) is 0. The van der Waals surface area contributed by atoms with Crippen molar-refractivity contribution in [3.8, 4) is 0 Å². The van der Waals surface area contributed by atoms with Crippen molar-refractivity contribution in [1.82, 2.24) is 5.32 Å². The van der Waals surface area contributed by atoms with Gasteiger partial charge in [-0.25, -0.2) is 0 Å². The topological polar surface area (TPSA) is 61.8 Å². The zero-order chi connectivity index (χ0) is 18.0. The van der Waals surface area contributed by atoms with Gasteiger partial charge in [0, 0.05) is 15.7 Å². The Bertz CT molecular complexity index is 886. The number of para-hydroxylation sites is 1. The van der Waals surface area contributed by atoms with Crippen molar-refractivity contribution in [2.75, 3.05) is 4.90 Å². The fraction of sp³-hybridized carbons (Fsp3) is 0.0588. The normalized spacial score (nSPS) is 17.9. The van der Waals surface area contributed by atoms with Crippen LogP contribution in [0.5, 0.6) is 0 Å². The summed E-state index contributed by atoms with van der Waals surface area (Å²) in [5.41, 5.74) is 1.15. The Morgan fingerprint density at radius 3 is 2.52 bits per heavy atom. The minimum Gasteiger partial charge on any atom is -0.301 e. The van der Waals surface area contributed by atoms with Crippen molar-refractivity contribution >= 4 is 74.3 Å². The lowest BCUT2D eigenvalue weighted by Crippen LogP contribution is -2.58. The van der Waals surface area contributed by atoms with E-state index in [-0.39, 0.29) is 5.11 Å². The summed E-state index contributed by atoms with van der Waals surface area (Å²) < 4.78 is 0.764. The third-order valence-corrected chi connectivity index (χ3v) is 4.71. The van der Waals surface area contributed by atoms with Crippen LogP contribution in [0.2, 0.25) is 5.02 Å². The zero-order valence-corrected chi connectivity index (χ0v) is 15.8. The summed E-state index contributed by atoms with van der Waals surface area (Å²) in [5.74, 6) is -2.04. The summed E-state index contributed by atoms with van der Waals surface area (Å²) in [7, 11) is 0. The number of amides is 2. The minimum absolute atomic E-state index is 0.0304. The number of carbonyl (C=O) groups is 2. The molecule has 1 heterocycles. The first kappa shape index (κ1) is 17.7. The second-order valence-corrected chi connectivity index (χ2v) is 6.83. The molecule has 8 heteroatoms. The van der Waals surface area contributed by atoms with Crippen LogP contribution in [0.4, 0.5) is 11.4 Å². The Hall–Kier alpha value is -2.09. The standard InChI is InChI=1S/C17H11BrClN3O2S/c18-13-3-1-2-4-14(13)20-9-12-15(23)21-17(25)22(16(12)24)11-7-5-10(19)6-8-11/h1-9,12H,(H,21,23,25)/t12-/m1/s1. The van der Waals surface area contributed by atoms with E-state index >= 15 is 0 Å². The highest BCUT2D eigenvalue weighted by Gasteiger charge is 2.38. The monoisotopic (exact) mass is 435 g/mol. The lowest BCUT2D eigenvalue weighted by Gasteiger charge is -2.30. The number of rotatable bonds is 3. The Morgan fingerprint density at radius 1 is 1.16 bits per heavy atom. The van der Waals surface area contributed by atoms with Crippen LogP contribution in [0.25, 0.3) is 0 Å². The fourth-order valence-corrected chi connectivity index (χ4v) is 3.08. The van der Waals surface area contributed by atoms with Gasteiger partial charge in [-0.2, -0.15) is 0 Å². The van der Waals surface area contributed by atoms with Crippen LogP contribution >= 0.6 is 39.7 Å². The summed E-state index contributed by atoms with van der Waals surface area (Å²) >= 11 is 14.4. The molecule has 126 valence electrons. The van der Waals surface area contributed by atoms with E-state index in [9.17, 15) is 9.59 Å². The maximum absolute atomic E-state index is 12.8. The van der Waals surface area contributed by atoms with E-state index in [1.165, 1.54) is 11.1 Å². The van der Waals surface area contributed by atoms with E-state index in [2.05, 4.69) is 26.2 Å². The molecule has 0 saturated carbocycles. The van der Waals surface area contributed by atoms with Crippen LogP contribution < -0.4 is 10.2 Å². The van der Waals surface area contributed by atoms with Gasteiger partial charge in [-0.15, -0.1) is 0 Å². The average Bonchev–Trinajstić information content (AvgIpc) is 2.57. The van der Waals surface area contributed by atoms with Gasteiger partial charge >= 0.3 is 0 Å². The van der Waals surface area contributed by atoms with Crippen LogP contribution in [-0.2, 0) is 9.59 Å². The highest BCUT2D eigenvalue weighted by Crippen LogP contribution is 2.26. The summed E-state index contributed by atoms with van der Waals surface area (Å²) in [5, 5.41) is 3.10. The van der Waals surface area contributed by atoms with Crippen LogP contribution in [0.1, 0.15) is 0 Å². The molecule has 2 aromatic rings. The maximum Gasteiger partial charge on any atom is 0.251 e. The first-order valence-electron chi connectivity index (χ1n) is 7.20. The Balaban J connectivity index is 1.90. The number of aliphatic imine (C=N–C) groups is 1. The highest BCUT2D eigenvalue weighted by atomic mass is 79.9. The number of carbonyl (C=O) groups excluding carboxylic acids is 2. The minimum atomic E-state index is -1.07. The molecule has 1 fully saturated rings. The van der Waals surface area contributed by atoms with E-state index in [1.54, 1.807) is 30.3 Å². The van der Waals surface area contributed by atoms with Crippen molar-refractivity contribution in [2.24, 2.45) is 10.9 Å². The van der Waals surface area contributed by atoms with Gasteiger partial charge in [-0.05, 0) is 64.5 Å². The van der Waals surface area contributed by atoms with Gasteiger partial charge in [0.1, 0.15) is 0 Å². The molecule has 2 aromatic carbocycles. The fourth-order valence-electron chi connectivity index (χ4n) is 2.27. The van der Waals surface area contributed by atoms with Crippen molar-refractivity contribution in [2.45, 2.75) is 0 Å². The Kier molecular flexibility index (Phi) is 5.27. The lowest BCUT2D eigenvalue weighted by molar-refractivity contribution is -0.130. The molecule has 1 N–H and O–H groups in total. The van der Waals surface area contributed by atoms with Crippen LogP contribution in [-0.4, -0.2) is 23.1 Å². The number of nitrogens with one attached hydrogen (secondary N) is 1.